The number of amidine groups is 1. The standard InChI is InChI=1S/C22H23F3N6O3S/c1-21(12-35(33)22(20(30-21)31-22)8-2-3-9-27-35)18-14(23)5-7-17(28-18)29-19(32)15-6-4-13(10-26-15)34-11-16(24)25/h4-7,10,16H,2-3,8-9,11-12H2,1H3,(H,30,31)(H,28,29,32). The van der Waals surface area contributed by atoms with Crippen molar-refractivity contribution in [2.24, 2.45) is 9.36 Å². The number of ether oxygens (including phenoxy) is 1. The Bertz CT molecular complexity index is 1330. The third kappa shape index (κ3) is 4.21. The maximum absolute atomic E-state index is 14.9. The summed E-state index contributed by atoms with van der Waals surface area (Å²) in [6.45, 7) is 1.36. The molecule has 9 nitrogen and oxygen atoms in total. The number of aliphatic imine (C=N–C) groups is 1. The van der Waals surface area contributed by atoms with E-state index in [1.807, 2.05) is 0 Å². The van der Waals surface area contributed by atoms with E-state index in [0.717, 1.165) is 25.1 Å². The van der Waals surface area contributed by atoms with Crippen LogP contribution in [0.5, 0.6) is 5.75 Å². The first-order valence-corrected chi connectivity index (χ1v) is 12.8. The molecule has 0 bridgehead atoms. The van der Waals surface area contributed by atoms with Gasteiger partial charge in [0.2, 0.25) is 0 Å². The Balaban J connectivity index is 1.38. The molecule has 0 saturated carbocycles. The number of carbonyl (C=O) groups excluding carboxylic acids is 1. The van der Waals surface area contributed by atoms with Crippen LogP contribution in [0.1, 0.15) is 42.4 Å². The van der Waals surface area contributed by atoms with Gasteiger partial charge in [-0.25, -0.2) is 31.7 Å². The smallest absolute Gasteiger partial charge is 0.275 e. The van der Waals surface area contributed by atoms with Crippen LogP contribution in [0.25, 0.3) is 0 Å². The van der Waals surface area contributed by atoms with E-state index in [2.05, 4.69) is 30.0 Å². The Hall–Kier alpha value is -3.22. The maximum atomic E-state index is 14.9. The second-order valence-electron chi connectivity index (χ2n) is 8.84. The molecule has 1 fully saturated rings. The zero-order chi connectivity index (χ0) is 24.8. The van der Waals surface area contributed by atoms with E-state index in [9.17, 15) is 22.2 Å². The molecule has 3 aliphatic heterocycles. The number of pyridine rings is 2. The van der Waals surface area contributed by atoms with Gasteiger partial charge in [0.25, 0.3) is 12.3 Å². The molecule has 2 aromatic rings. The van der Waals surface area contributed by atoms with Crippen LogP contribution in [-0.2, 0) is 15.3 Å². The third-order valence-corrected chi connectivity index (χ3v) is 9.34. The number of hydrogen-bond acceptors (Lipinski definition) is 8. The number of rotatable bonds is 6. The Morgan fingerprint density at radius 2 is 2.11 bits per heavy atom. The number of anilines is 1. The van der Waals surface area contributed by atoms with Gasteiger partial charge in [-0.05, 0) is 50.5 Å². The molecule has 1 saturated heterocycles. The molecule has 186 valence electrons. The summed E-state index contributed by atoms with van der Waals surface area (Å²) < 4.78 is 62.6. The van der Waals surface area contributed by atoms with Crippen molar-refractivity contribution in [3.8, 4) is 5.75 Å². The van der Waals surface area contributed by atoms with Crippen LogP contribution in [0.2, 0.25) is 0 Å². The van der Waals surface area contributed by atoms with Gasteiger partial charge >= 0.3 is 0 Å². The summed E-state index contributed by atoms with van der Waals surface area (Å²) >= 11 is 0. The summed E-state index contributed by atoms with van der Waals surface area (Å²) in [5, 5.41) is 5.71. The van der Waals surface area contributed by atoms with Crippen LogP contribution < -0.4 is 15.4 Å². The second kappa shape index (κ2) is 8.47. The van der Waals surface area contributed by atoms with Crippen molar-refractivity contribution in [3.63, 3.8) is 0 Å². The van der Waals surface area contributed by atoms with Crippen LogP contribution in [0, 0.1) is 5.82 Å². The van der Waals surface area contributed by atoms with Gasteiger partial charge in [0.15, 0.2) is 4.87 Å². The van der Waals surface area contributed by atoms with Crippen molar-refractivity contribution in [2.45, 2.75) is 43.0 Å². The zero-order valence-electron chi connectivity index (χ0n) is 18.8. The maximum Gasteiger partial charge on any atom is 0.275 e. The molecule has 13 heteroatoms. The molecular weight excluding hydrogens is 485 g/mol. The van der Waals surface area contributed by atoms with E-state index in [-0.39, 0.29) is 28.7 Å². The average Bonchev–Trinajstić information content (AvgIpc) is 3.55. The minimum atomic E-state index is -2.74. The van der Waals surface area contributed by atoms with E-state index in [1.54, 1.807) is 6.92 Å². The lowest BCUT2D eigenvalue weighted by Gasteiger charge is -2.31. The molecular formula is C22H23F3N6O3S. The molecule has 2 N–H and O–H groups in total. The highest BCUT2D eigenvalue weighted by Crippen LogP contribution is 2.47. The number of hydrogen-bond donors (Lipinski definition) is 2. The lowest BCUT2D eigenvalue weighted by Crippen LogP contribution is -2.43. The molecule has 0 radical (unpaired) electrons. The van der Waals surface area contributed by atoms with Gasteiger partial charge in [-0.3, -0.25) is 9.79 Å². The highest BCUT2D eigenvalue weighted by Gasteiger charge is 2.64. The van der Waals surface area contributed by atoms with Crippen LogP contribution in [0.15, 0.2) is 39.8 Å². The quantitative estimate of drug-likeness (QED) is 0.577. The fraction of sp³-hybridized carbons (Fsp3) is 0.455. The van der Waals surface area contributed by atoms with E-state index >= 15 is 0 Å². The summed E-state index contributed by atoms with van der Waals surface area (Å²) in [6, 6.07) is 5.11. The minimum absolute atomic E-state index is 0.0133. The fourth-order valence-electron chi connectivity index (χ4n) is 4.44. The molecule has 1 spiro atoms. The molecule has 5 rings (SSSR count). The van der Waals surface area contributed by atoms with Gasteiger partial charge in [0, 0.05) is 6.54 Å². The monoisotopic (exact) mass is 508 g/mol. The summed E-state index contributed by atoms with van der Waals surface area (Å²) in [6.07, 6.45) is 0.919. The Morgan fingerprint density at radius 1 is 1.29 bits per heavy atom. The Morgan fingerprint density at radius 3 is 2.86 bits per heavy atom. The first kappa shape index (κ1) is 23.5. The van der Waals surface area contributed by atoms with Gasteiger partial charge in [0.1, 0.15) is 46.8 Å². The van der Waals surface area contributed by atoms with E-state index in [0.29, 0.717) is 18.8 Å². The lowest BCUT2D eigenvalue weighted by molar-refractivity contribution is 0.0816. The van der Waals surface area contributed by atoms with Crippen molar-refractivity contribution >= 4 is 27.3 Å². The lowest BCUT2D eigenvalue weighted by atomic mass is 9.99. The molecule has 3 aliphatic rings. The molecule has 35 heavy (non-hydrogen) atoms. The SMILES string of the molecule is CC1(c2nc(NC(=O)c3ccc(OCC(F)F)cn3)ccc2F)CS2(=O)=NCCCCC23NC3=N1. The number of alkyl halides is 2. The number of carbonyl (C=O) groups is 1. The topological polar surface area (TPSA) is 128 Å². The van der Waals surface area contributed by atoms with Crippen LogP contribution in [0.3, 0.4) is 0 Å². The number of halogens is 3. The highest BCUT2D eigenvalue weighted by molar-refractivity contribution is 7.96. The van der Waals surface area contributed by atoms with Gasteiger partial charge in [0.05, 0.1) is 21.7 Å². The number of aromatic nitrogens is 2. The molecule has 0 aromatic carbocycles. The second-order valence-corrected chi connectivity index (χ2v) is 11.4. The fourth-order valence-corrected chi connectivity index (χ4v) is 7.45. The Kier molecular flexibility index (Phi) is 5.69. The predicted octanol–water partition coefficient (Wildman–Crippen LogP) is 3.09. The normalized spacial score (nSPS) is 29.0. The average molecular weight is 509 g/mol. The van der Waals surface area contributed by atoms with Gasteiger partial charge in [-0.15, -0.1) is 0 Å². The Labute approximate surface area is 199 Å². The molecule has 5 heterocycles. The van der Waals surface area contributed by atoms with Crippen molar-refractivity contribution in [1.82, 2.24) is 15.3 Å². The molecule has 2 aromatic heterocycles. The van der Waals surface area contributed by atoms with Crippen molar-refractivity contribution in [3.05, 3.63) is 47.7 Å². The van der Waals surface area contributed by atoms with E-state index in [4.69, 9.17) is 4.74 Å². The first-order chi connectivity index (χ1) is 16.6. The van der Waals surface area contributed by atoms with Crippen molar-refractivity contribution in [1.29, 1.82) is 0 Å². The van der Waals surface area contributed by atoms with Gasteiger partial charge in [-0.2, -0.15) is 0 Å². The van der Waals surface area contributed by atoms with Crippen LogP contribution >= 0.6 is 0 Å². The van der Waals surface area contributed by atoms with Crippen molar-refractivity contribution < 1.29 is 26.9 Å². The van der Waals surface area contributed by atoms with Crippen LogP contribution in [-0.4, -0.2) is 56.1 Å². The minimum Gasteiger partial charge on any atom is -0.486 e. The third-order valence-electron chi connectivity index (χ3n) is 6.20. The molecule has 1 amide bonds. The predicted molar refractivity (Wildman–Crippen MR) is 123 cm³/mol. The summed E-state index contributed by atoms with van der Waals surface area (Å²) in [4.78, 5) is 24.8. The van der Waals surface area contributed by atoms with Crippen molar-refractivity contribution in [2.75, 3.05) is 24.2 Å². The summed E-state index contributed by atoms with van der Waals surface area (Å²) in [7, 11) is -2.74. The largest absolute Gasteiger partial charge is 0.486 e. The van der Waals surface area contributed by atoms with E-state index in [1.165, 1.54) is 18.2 Å². The summed E-state index contributed by atoms with van der Waals surface area (Å²) in [5.74, 6) is -0.547. The van der Waals surface area contributed by atoms with Gasteiger partial charge < -0.3 is 15.4 Å². The first-order valence-electron chi connectivity index (χ1n) is 11.1. The molecule has 0 aliphatic carbocycles. The van der Waals surface area contributed by atoms with Gasteiger partial charge in [-0.1, -0.05) is 0 Å². The van der Waals surface area contributed by atoms with E-state index < -0.39 is 44.9 Å². The number of amides is 1. The number of nitrogens with zero attached hydrogens (tertiary/aromatic N) is 4. The molecule has 3 unspecified atom stereocenters. The zero-order valence-corrected chi connectivity index (χ0v) is 19.6. The number of nitrogens with one attached hydrogen (secondary N) is 2. The highest BCUT2D eigenvalue weighted by atomic mass is 32.2. The van der Waals surface area contributed by atoms with Crippen LogP contribution in [0.4, 0.5) is 19.0 Å². The molecule has 3 atom stereocenters. The summed E-state index contributed by atoms with van der Waals surface area (Å²) in [5.41, 5.74) is -1.30.